The maximum absolute atomic E-state index is 6.73. The lowest BCUT2D eigenvalue weighted by molar-refractivity contribution is -0.127. The van der Waals surface area contributed by atoms with Crippen LogP contribution in [0.4, 0.5) is 0 Å². The van der Waals surface area contributed by atoms with Crippen molar-refractivity contribution in [1.29, 1.82) is 0 Å². The number of nitrogens with one attached hydrogen (secondary N) is 1. The summed E-state index contributed by atoms with van der Waals surface area (Å²) in [6.07, 6.45) is 16.8. The molecule has 0 aromatic carbocycles. The number of ether oxygens (including phenoxy) is 1. The molecule has 1 N–H and O–H groups in total. The molecule has 20 heavy (non-hydrogen) atoms. The minimum absolute atomic E-state index is 0.177. The second kappa shape index (κ2) is 6.79. The van der Waals surface area contributed by atoms with Gasteiger partial charge in [-0.3, -0.25) is 0 Å². The van der Waals surface area contributed by atoms with Gasteiger partial charge >= 0.3 is 0 Å². The average molecular weight is 279 g/mol. The van der Waals surface area contributed by atoms with E-state index in [1.54, 1.807) is 0 Å². The first-order valence-corrected chi connectivity index (χ1v) is 9.21. The summed E-state index contributed by atoms with van der Waals surface area (Å²) in [6, 6.07) is 0.811. The van der Waals surface area contributed by atoms with Crippen LogP contribution in [0, 0.1) is 5.92 Å². The van der Waals surface area contributed by atoms with E-state index in [2.05, 4.69) is 12.2 Å². The standard InChI is InChI=1S/C18H33NO/c1-2-15-10-12-18(13-11-15,14-19-16-8-9-16)20-17-6-4-3-5-7-17/h15-17,19H,2-14H2,1H3. The highest BCUT2D eigenvalue weighted by atomic mass is 16.5. The van der Waals surface area contributed by atoms with E-state index >= 15 is 0 Å². The van der Waals surface area contributed by atoms with Crippen LogP contribution in [0.25, 0.3) is 0 Å². The summed E-state index contributed by atoms with van der Waals surface area (Å²) in [7, 11) is 0. The molecule has 0 aliphatic heterocycles. The zero-order valence-electron chi connectivity index (χ0n) is 13.3. The predicted octanol–water partition coefficient (Wildman–Crippen LogP) is 4.43. The molecular formula is C18H33NO. The summed E-state index contributed by atoms with van der Waals surface area (Å²) in [5.41, 5.74) is 0.177. The van der Waals surface area contributed by atoms with Crippen LogP contribution in [0.3, 0.4) is 0 Å². The van der Waals surface area contributed by atoms with Gasteiger partial charge in [-0.1, -0.05) is 32.6 Å². The minimum Gasteiger partial charge on any atom is -0.370 e. The van der Waals surface area contributed by atoms with Crippen LogP contribution in [0.5, 0.6) is 0 Å². The second-order valence-corrected chi connectivity index (χ2v) is 7.57. The molecule has 3 fully saturated rings. The first-order valence-electron chi connectivity index (χ1n) is 9.21. The summed E-state index contributed by atoms with van der Waals surface area (Å²) in [5.74, 6) is 0.957. The summed E-state index contributed by atoms with van der Waals surface area (Å²) in [5, 5.41) is 3.76. The molecule has 2 nitrogen and oxygen atoms in total. The lowest BCUT2D eigenvalue weighted by Gasteiger charge is -2.43. The molecule has 0 atom stereocenters. The van der Waals surface area contributed by atoms with Gasteiger partial charge in [0, 0.05) is 12.6 Å². The Kier molecular flexibility index (Phi) is 5.04. The third-order valence-corrected chi connectivity index (χ3v) is 5.85. The summed E-state index contributed by atoms with van der Waals surface area (Å²) < 4.78 is 6.73. The number of rotatable bonds is 6. The Hall–Kier alpha value is -0.0800. The molecule has 0 aromatic rings. The highest BCUT2D eigenvalue weighted by molar-refractivity contribution is 4.93. The normalized spacial score (nSPS) is 36.1. The van der Waals surface area contributed by atoms with Gasteiger partial charge in [0.25, 0.3) is 0 Å². The second-order valence-electron chi connectivity index (χ2n) is 7.57. The molecule has 3 aliphatic rings. The van der Waals surface area contributed by atoms with Gasteiger partial charge in [-0.2, -0.15) is 0 Å². The highest BCUT2D eigenvalue weighted by Crippen LogP contribution is 2.39. The van der Waals surface area contributed by atoms with E-state index in [-0.39, 0.29) is 5.60 Å². The van der Waals surface area contributed by atoms with Crippen LogP contribution >= 0.6 is 0 Å². The van der Waals surface area contributed by atoms with Crippen molar-refractivity contribution in [2.24, 2.45) is 5.92 Å². The van der Waals surface area contributed by atoms with E-state index in [0.29, 0.717) is 6.10 Å². The Labute approximate surface area is 125 Å². The molecule has 0 aromatic heterocycles. The van der Waals surface area contributed by atoms with E-state index in [1.807, 2.05) is 0 Å². The Morgan fingerprint density at radius 2 is 1.65 bits per heavy atom. The minimum atomic E-state index is 0.177. The van der Waals surface area contributed by atoms with Gasteiger partial charge in [-0.05, 0) is 57.3 Å². The maximum atomic E-state index is 6.73. The molecule has 116 valence electrons. The van der Waals surface area contributed by atoms with Crippen LogP contribution in [0.1, 0.15) is 84.0 Å². The molecule has 0 bridgehead atoms. The lowest BCUT2D eigenvalue weighted by Crippen LogP contribution is -2.48. The zero-order chi connectivity index (χ0) is 13.8. The van der Waals surface area contributed by atoms with Crippen LogP contribution in [0.2, 0.25) is 0 Å². The molecule has 3 saturated carbocycles. The fraction of sp³-hybridized carbons (Fsp3) is 1.00. The molecule has 0 spiro atoms. The summed E-state index contributed by atoms with van der Waals surface area (Å²) in [6.45, 7) is 3.46. The SMILES string of the molecule is CCC1CCC(CNC2CC2)(OC2CCCCC2)CC1. The third kappa shape index (κ3) is 3.98. The molecule has 0 saturated heterocycles. The maximum Gasteiger partial charge on any atom is 0.0810 e. The monoisotopic (exact) mass is 279 g/mol. The van der Waals surface area contributed by atoms with Crippen molar-refractivity contribution in [3.05, 3.63) is 0 Å². The number of hydrogen-bond acceptors (Lipinski definition) is 2. The van der Waals surface area contributed by atoms with Gasteiger partial charge in [0.05, 0.1) is 11.7 Å². The lowest BCUT2D eigenvalue weighted by atomic mass is 9.77. The van der Waals surface area contributed by atoms with E-state index in [4.69, 9.17) is 4.74 Å². The van der Waals surface area contributed by atoms with Gasteiger partial charge in [0.2, 0.25) is 0 Å². The third-order valence-electron chi connectivity index (χ3n) is 5.85. The fourth-order valence-electron chi connectivity index (χ4n) is 4.10. The van der Waals surface area contributed by atoms with E-state index < -0.39 is 0 Å². The predicted molar refractivity (Wildman–Crippen MR) is 84.0 cm³/mol. The number of hydrogen-bond donors (Lipinski definition) is 1. The highest BCUT2D eigenvalue weighted by Gasteiger charge is 2.39. The van der Waals surface area contributed by atoms with Crippen LogP contribution < -0.4 is 5.32 Å². The molecule has 0 radical (unpaired) electrons. The van der Waals surface area contributed by atoms with E-state index in [0.717, 1.165) is 18.5 Å². The van der Waals surface area contributed by atoms with Crippen molar-refractivity contribution < 1.29 is 4.74 Å². The Morgan fingerprint density at radius 1 is 0.950 bits per heavy atom. The quantitative estimate of drug-likeness (QED) is 0.777. The smallest absolute Gasteiger partial charge is 0.0810 e. The van der Waals surface area contributed by atoms with Gasteiger partial charge in [-0.15, -0.1) is 0 Å². The largest absolute Gasteiger partial charge is 0.370 e. The van der Waals surface area contributed by atoms with Crippen molar-refractivity contribution in [2.75, 3.05) is 6.54 Å². The first kappa shape index (κ1) is 14.8. The molecule has 0 unspecified atom stereocenters. The molecule has 3 aliphatic carbocycles. The van der Waals surface area contributed by atoms with Crippen molar-refractivity contribution in [2.45, 2.75) is 102 Å². The molecular weight excluding hydrogens is 246 g/mol. The van der Waals surface area contributed by atoms with Gasteiger partial charge in [0.1, 0.15) is 0 Å². The van der Waals surface area contributed by atoms with Crippen LogP contribution in [-0.2, 0) is 4.74 Å². The average Bonchev–Trinajstić information content (AvgIpc) is 3.32. The van der Waals surface area contributed by atoms with Crippen LogP contribution in [0.15, 0.2) is 0 Å². The Morgan fingerprint density at radius 3 is 2.25 bits per heavy atom. The topological polar surface area (TPSA) is 21.3 Å². The zero-order valence-corrected chi connectivity index (χ0v) is 13.3. The van der Waals surface area contributed by atoms with E-state index in [1.165, 1.54) is 77.0 Å². The summed E-state index contributed by atoms with van der Waals surface area (Å²) in [4.78, 5) is 0. The molecule has 3 rings (SSSR count). The molecule has 0 heterocycles. The Bertz CT molecular complexity index is 286. The Balaban J connectivity index is 1.56. The van der Waals surface area contributed by atoms with Crippen molar-refractivity contribution in [1.82, 2.24) is 5.32 Å². The van der Waals surface area contributed by atoms with Gasteiger partial charge in [0.15, 0.2) is 0 Å². The van der Waals surface area contributed by atoms with Crippen molar-refractivity contribution in [3.8, 4) is 0 Å². The fourth-order valence-corrected chi connectivity index (χ4v) is 4.10. The van der Waals surface area contributed by atoms with Crippen molar-refractivity contribution >= 4 is 0 Å². The van der Waals surface area contributed by atoms with Gasteiger partial charge in [-0.25, -0.2) is 0 Å². The molecule has 2 heteroatoms. The van der Waals surface area contributed by atoms with E-state index in [9.17, 15) is 0 Å². The molecule has 0 amide bonds. The van der Waals surface area contributed by atoms with Crippen molar-refractivity contribution in [3.63, 3.8) is 0 Å². The van der Waals surface area contributed by atoms with Gasteiger partial charge < -0.3 is 10.1 Å². The summed E-state index contributed by atoms with van der Waals surface area (Å²) >= 11 is 0. The van der Waals surface area contributed by atoms with Crippen LogP contribution in [-0.4, -0.2) is 24.3 Å². The first-order chi connectivity index (χ1) is 9.80.